The van der Waals surface area contributed by atoms with Gasteiger partial charge in [0.25, 0.3) is 5.91 Å². The number of amides is 2. The minimum atomic E-state index is -0.258. The summed E-state index contributed by atoms with van der Waals surface area (Å²) >= 11 is 12.6. The highest BCUT2D eigenvalue weighted by molar-refractivity contribution is 8.26. The van der Waals surface area contributed by atoms with Crippen molar-refractivity contribution in [1.29, 1.82) is 0 Å². The Balaban J connectivity index is 1.72. The van der Waals surface area contributed by atoms with E-state index in [-0.39, 0.29) is 18.4 Å². The van der Waals surface area contributed by atoms with Gasteiger partial charge in [-0.25, -0.2) is 0 Å². The summed E-state index contributed by atoms with van der Waals surface area (Å²) in [6, 6.07) is 7.26. The molecular weight excluding hydrogens is 368 g/mol. The number of benzene rings is 1. The molecular formula is C16H15ClN2O3S2. The molecule has 0 spiro atoms. The Kier molecular flexibility index (Phi) is 5.55. The molecule has 2 saturated heterocycles. The molecule has 0 N–H and O–H groups in total. The second-order valence-electron chi connectivity index (χ2n) is 5.28. The summed E-state index contributed by atoms with van der Waals surface area (Å²) in [5.41, 5.74) is 0.749. The first-order chi connectivity index (χ1) is 11.6. The topological polar surface area (TPSA) is 49.9 Å². The molecule has 0 bridgehead atoms. The third-order valence-corrected chi connectivity index (χ3v) is 5.44. The molecule has 2 fully saturated rings. The van der Waals surface area contributed by atoms with Crippen LogP contribution in [0.2, 0.25) is 5.02 Å². The van der Waals surface area contributed by atoms with Gasteiger partial charge in [-0.1, -0.05) is 53.8 Å². The van der Waals surface area contributed by atoms with Crippen LogP contribution in [0, 0.1) is 0 Å². The third-order valence-electron chi connectivity index (χ3n) is 3.72. The first-order valence-corrected chi connectivity index (χ1v) is 9.02. The van der Waals surface area contributed by atoms with Gasteiger partial charge in [-0.05, 0) is 17.7 Å². The van der Waals surface area contributed by atoms with E-state index in [9.17, 15) is 9.59 Å². The molecule has 5 nitrogen and oxygen atoms in total. The van der Waals surface area contributed by atoms with Gasteiger partial charge in [-0.3, -0.25) is 14.5 Å². The normalized spacial score (nSPS) is 20.1. The van der Waals surface area contributed by atoms with Crippen LogP contribution in [0.1, 0.15) is 5.56 Å². The van der Waals surface area contributed by atoms with Gasteiger partial charge in [0.2, 0.25) is 5.91 Å². The van der Waals surface area contributed by atoms with E-state index in [4.69, 9.17) is 28.6 Å². The lowest BCUT2D eigenvalue weighted by atomic mass is 10.2. The highest BCUT2D eigenvalue weighted by atomic mass is 35.5. The number of thioether (sulfide) groups is 1. The molecule has 126 valence electrons. The quantitative estimate of drug-likeness (QED) is 0.593. The highest BCUT2D eigenvalue weighted by Gasteiger charge is 2.34. The minimum absolute atomic E-state index is 0.0372. The number of carbonyl (C=O) groups is 2. The molecule has 2 heterocycles. The molecule has 0 unspecified atom stereocenters. The zero-order valence-corrected chi connectivity index (χ0v) is 15.1. The smallest absolute Gasteiger partial charge is 0.266 e. The van der Waals surface area contributed by atoms with E-state index < -0.39 is 0 Å². The van der Waals surface area contributed by atoms with Gasteiger partial charge in [0, 0.05) is 18.1 Å². The van der Waals surface area contributed by atoms with Gasteiger partial charge in [0.05, 0.1) is 18.1 Å². The Hall–Kier alpha value is -1.41. The number of halogens is 1. The lowest BCUT2D eigenvalue weighted by Gasteiger charge is -2.28. The Morgan fingerprint density at radius 2 is 2.04 bits per heavy atom. The summed E-state index contributed by atoms with van der Waals surface area (Å²) in [6.07, 6.45) is 1.71. The van der Waals surface area contributed by atoms with Crippen LogP contribution in [0.4, 0.5) is 0 Å². The molecule has 0 aliphatic carbocycles. The average molecular weight is 383 g/mol. The largest absolute Gasteiger partial charge is 0.378 e. The number of rotatable bonds is 3. The third kappa shape index (κ3) is 3.80. The predicted octanol–water partition coefficient (Wildman–Crippen LogP) is 2.40. The van der Waals surface area contributed by atoms with Crippen molar-refractivity contribution in [3.05, 3.63) is 39.8 Å². The lowest BCUT2D eigenvalue weighted by molar-refractivity contribution is -0.138. The molecule has 1 aromatic rings. The van der Waals surface area contributed by atoms with Gasteiger partial charge in [-0.15, -0.1) is 0 Å². The molecule has 0 aromatic heterocycles. The van der Waals surface area contributed by atoms with Crippen molar-refractivity contribution in [1.82, 2.24) is 9.80 Å². The number of ether oxygens (including phenoxy) is 1. The summed E-state index contributed by atoms with van der Waals surface area (Å²) in [4.78, 5) is 28.4. The first-order valence-electron chi connectivity index (χ1n) is 7.41. The molecule has 24 heavy (non-hydrogen) atoms. The second kappa shape index (κ2) is 7.65. The fourth-order valence-electron chi connectivity index (χ4n) is 2.42. The van der Waals surface area contributed by atoms with E-state index in [1.807, 2.05) is 18.2 Å². The van der Waals surface area contributed by atoms with Crippen molar-refractivity contribution in [2.75, 3.05) is 32.8 Å². The van der Waals surface area contributed by atoms with Crippen molar-refractivity contribution in [3.63, 3.8) is 0 Å². The van der Waals surface area contributed by atoms with Crippen LogP contribution in [-0.4, -0.2) is 58.8 Å². The van der Waals surface area contributed by atoms with Gasteiger partial charge < -0.3 is 9.64 Å². The minimum Gasteiger partial charge on any atom is -0.378 e. The molecule has 2 aliphatic rings. The first kappa shape index (κ1) is 17.4. The van der Waals surface area contributed by atoms with E-state index in [1.165, 1.54) is 16.7 Å². The van der Waals surface area contributed by atoms with Crippen molar-refractivity contribution in [2.45, 2.75) is 0 Å². The van der Waals surface area contributed by atoms with Gasteiger partial charge >= 0.3 is 0 Å². The Morgan fingerprint density at radius 1 is 1.33 bits per heavy atom. The van der Waals surface area contributed by atoms with Crippen LogP contribution < -0.4 is 0 Å². The van der Waals surface area contributed by atoms with Crippen LogP contribution >= 0.6 is 35.6 Å². The zero-order valence-electron chi connectivity index (χ0n) is 12.7. The molecule has 0 saturated carbocycles. The van der Waals surface area contributed by atoms with E-state index in [0.29, 0.717) is 40.6 Å². The Bertz CT molecular complexity index is 717. The van der Waals surface area contributed by atoms with Crippen LogP contribution in [0.15, 0.2) is 29.2 Å². The van der Waals surface area contributed by atoms with E-state index in [1.54, 1.807) is 17.0 Å². The Morgan fingerprint density at radius 3 is 2.75 bits per heavy atom. The van der Waals surface area contributed by atoms with Crippen LogP contribution in [0.25, 0.3) is 6.08 Å². The van der Waals surface area contributed by atoms with Gasteiger partial charge in [0.15, 0.2) is 0 Å². The van der Waals surface area contributed by atoms with Crippen molar-refractivity contribution >= 4 is 57.8 Å². The Labute approximate surface area is 154 Å². The predicted molar refractivity (Wildman–Crippen MR) is 98.7 cm³/mol. The van der Waals surface area contributed by atoms with E-state index in [2.05, 4.69) is 0 Å². The number of hydrogen-bond acceptors (Lipinski definition) is 5. The molecule has 0 atom stereocenters. The zero-order chi connectivity index (χ0) is 17.1. The number of thiocarbonyl (C=S) groups is 1. The maximum Gasteiger partial charge on any atom is 0.266 e. The lowest BCUT2D eigenvalue weighted by Crippen LogP contribution is -2.46. The highest BCUT2D eigenvalue weighted by Crippen LogP contribution is 2.33. The molecule has 0 radical (unpaired) electrons. The fourth-order valence-corrected chi connectivity index (χ4v) is 3.85. The standard InChI is InChI=1S/C16H15ClN2O3S2/c17-12-4-2-1-3-11(12)9-13-15(21)19(16(23)24-13)10-14(20)18-5-7-22-8-6-18/h1-4,9H,5-8,10H2/b13-9+. The molecule has 3 rings (SSSR count). The molecule has 2 amide bonds. The maximum atomic E-state index is 12.6. The second-order valence-corrected chi connectivity index (χ2v) is 7.37. The summed E-state index contributed by atoms with van der Waals surface area (Å²) in [5, 5.41) is 0.562. The van der Waals surface area contributed by atoms with E-state index >= 15 is 0 Å². The van der Waals surface area contributed by atoms with Crippen molar-refractivity contribution in [3.8, 4) is 0 Å². The van der Waals surface area contributed by atoms with Crippen LogP contribution in [-0.2, 0) is 14.3 Å². The van der Waals surface area contributed by atoms with Crippen molar-refractivity contribution in [2.24, 2.45) is 0 Å². The summed E-state index contributed by atoms with van der Waals surface area (Å²) in [6.45, 7) is 2.10. The number of nitrogens with zero attached hydrogens (tertiary/aromatic N) is 2. The molecule has 8 heteroatoms. The van der Waals surface area contributed by atoms with Gasteiger partial charge in [-0.2, -0.15) is 0 Å². The van der Waals surface area contributed by atoms with Crippen LogP contribution in [0.3, 0.4) is 0 Å². The summed E-state index contributed by atoms with van der Waals surface area (Å²) < 4.78 is 5.62. The number of hydrogen-bond donors (Lipinski definition) is 0. The molecule has 1 aromatic carbocycles. The fraction of sp³-hybridized carbons (Fsp3) is 0.312. The summed E-state index contributed by atoms with van der Waals surface area (Å²) in [7, 11) is 0. The SMILES string of the molecule is O=C(CN1C(=O)/C(=C\c2ccccc2Cl)SC1=S)N1CCOCC1. The maximum absolute atomic E-state index is 12.6. The monoisotopic (exact) mass is 382 g/mol. The van der Waals surface area contributed by atoms with E-state index in [0.717, 1.165) is 5.56 Å². The molecule has 2 aliphatic heterocycles. The number of morpholine rings is 1. The summed E-state index contributed by atoms with van der Waals surface area (Å²) in [5.74, 6) is -0.375. The van der Waals surface area contributed by atoms with Gasteiger partial charge in [0.1, 0.15) is 10.9 Å². The average Bonchev–Trinajstić information content (AvgIpc) is 2.85. The van der Waals surface area contributed by atoms with Crippen LogP contribution in [0.5, 0.6) is 0 Å². The van der Waals surface area contributed by atoms with Crippen molar-refractivity contribution < 1.29 is 14.3 Å². The number of carbonyl (C=O) groups excluding carboxylic acids is 2.